The van der Waals surface area contributed by atoms with Crippen molar-refractivity contribution in [3.05, 3.63) is 46.3 Å². The summed E-state index contributed by atoms with van der Waals surface area (Å²) in [7, 11) is 1.79. The number of anilines is 1. The monoisotopic (exact) mass is 397 g/mol. The molecule has 0 spiro atoms. The largest absolute Gasteiger partial charge is 0.453 e. The topological polar surface area (TPSA) is 90.3 Å². The molecule has 1 unspecified atom stereocenters. The van der Waals surface area contributed by atoms with Crippen LogP contribution >= 0.6 is 0 Å². The number of benzene rings is 1. The molecule has 0 radical (unpaired) electrons. The van der Waals surface area contributed by atoms with Gasteiger partial charge in [-0.1, -0.05) is 12.1 Å². The lowest BCUT2D eigenvalue weighted by molar-refractivity contribution is -0.153. The second kappa shape index (κ2) is 8.59. The molecule has 1 aromatic carbocycles. The lowest BCUT2D eigenvalue weighted by Gasteiger charge is -2.13. The van der Waals surface area contributed by atoms with Gasteiger partial charge in [-0.05, 0) is 57.2 Å². The first-order chi connectivity index (χ1) is 13.8. The Balaban J connectivity index is 1.49. The van der Waals surface area contributed by atoms with E-state index in [0.717, 1.165) is 25.0 Å². The number of amides is 1. The Bertz CT molecular complexity index is 961. The van der Waals surface area contributed by atoms with Crippen LogP contribution in [0.4, 0.5) is 5.69 Å². The van der Waals surface area contributed by atoms with E-state index in [1.165, 1.54) is 18.1 Å². The third-order valence-corrected chi connectivity index (χ3v) is 5.41. The van der Waals surface area contributed by atoms with Crippen molar-refractivity contribution in [3.63, 3.8) is 0 Å². The average molecular weight is 397 g/mol. The molecule has 2 aromatic rings. The van der Waals surface area contributed by atoms with Crippen LogP contribution in [-0.2, 0) is 34.2 Å². The minimum Gasteiger partial charge on any atom is -0.453 e. The van der Waals surface area contributed by atoms with Crippen LogP contribution in [0.25, 0.3) is 0 Å². The molecular weight excluding hydrogens is 370 g/mol. The minimum atomic E-state index is -0.961. The van der Waals surface area contributed by atoms with Crippen molar-refractivity contribution in [2.45, 2.75) is 59.0 Å². The molecule has 1 aromatic heterocycles. The lowest BCUT2D eigenvalue weighted by atomic mass is 10.0. The number of carbonyl (C=O) groups is 3. The normalized spacial score (nSPS) is 13.7. The summed E-state index contributed by atoms with van der Waals surface area (Å²) in [6.45, 7) is 5.15. The number of hydrogen-bond acceptors (Lipinski definition) is 5. The van der Waals surface area contributed by atoms with Crippen molar-refractivity contribution in [3.8, 4) is 0 Å². The van der Waals surface area contributed by atoms with Crippen molar-refractivity contribution in [1.29, 1.82) is 0 Å². The summed E-state index contributed by atoms with van der Waals surface area (Å²) in [6, 6.07) is 5.76. The smallest absolute Gasteiger partial charge is 0.307 e. The van der Waals surface area contributed by atoms with Gasteiger partial charge in [0.1, 0.15) is 0 Å². The Morgan fingerprint density at radius 1 is 1.17 bits per heavy atom. The molecule has 154 valence electrons. The van der Waals surface area contributed by atoms with Crippen LogP contribution in [0, 0.1) is 13.8 Å². The molecule has 1 aliphatic rings. The summed E-state index contributed by atoms with van der Waals surface area (Å²) >= 11 is 0. The molecular formula is C22H27N3O4. The van der Waals surface area contributed by atoms with Crippen molar-refractivity contribution >= 4 is 23.3 Å². The van der Waals surface area contributed by atoms with Gasteiger partial charge >= 0.3 is 5.97 Å². The standard InChI is InChI=1S/C22H27N3O4/c1-13-21(14(2)25(4)24-13)23-22(28)15(3)29-20(27)11-10-19(26)18-9-8-16-6-5-7-17(16)12-18/h8-9,12,15H,5-7,10-11H2,1-4H3,(H,23,28). The number of aromatic nitrogens is 2. The number of ketones is 1. The summed E-state index contributed by atoms with van der Waals surface area (Å²) in [5.41, 5.74) is 5.29. The minimum absolute atomic E-state index is 0.0571. The van der Waals surface area contributed by atoms with Crippen molar-refractivity contribution in [2.24, 2.45) is 7.05 Å². The number of fused-ring (bicyclic) bond motifs is 1. The number of aryl methyl sites for hydroxylation is 4. The Morgan fingerprint density at radius 2 is 1.90 bits per heavy atom. The molecule has 0 saturated heterocycles. The molecule has 0 bridgehead atoms. The van der Waals surface area contributed by atoms with E-state index in [4.69, 9.17) is 4.74 Å². The maximum atomic E-state index is 12.4. The first kappa shape index (κ1) is 20.8. The lowest BCUT2D eigenvalue weighted by Crippen LogP contribution is -2.30. The maximum Gasteiger partial charge on any atom is 0.307 e. The van der Waals surface area contributed by atoms with Gasteiger partial charge in [-0.15, -0.1) is 0 Å². The molecule has 0 aliphatic heterocycles. The molecule has 1 N–H and O–H groups in total. The van der Waals surface area contributed by atoms with Crippen LogP contribution in [0.15, 0.2) is 18.2 Å². The predicted octanol–water partition coefficient (Wildman–Crippen LogP) is 3.06. The Hall–Kier alpha value is -2.96. The molecule has 0 fully saturated rings. The second-order valence-electron chi connectivity index (χ2n) is 7.55. The summed E-state index contributed by atoms with van der Waals surface area (Å²) in [4.78, 5) is 36.8. The molecule has 1 amide bonds. The third kappa shape index (κ3) is 4.72. The number of ether oxygens (including phenoxy) is 1. The zero-order valence-corrected chi connectivity index (χ0v) is 17.4. The van der Waals surface area contributed by atoms with E-state index in [1.54, 1.807) is 18.7 Å². The highest BCUT2D eigenvalue weighted by Crippen LogP contribution is 2.23. The van der Waals surface area contributed by atoms with Gasteiger partial charge in [0.15, 0.2) is 11.9 Å². The number of esters is 1. The second-order valence-corrected chi connectivity index (χ2v) is 7.55. The SMILES string of the molecule is Cc1nn(C)c(C)c1NC(=O)C(C)OC(=O)CCC(=O)c1ccc2c(c1)CCC2. The number of nitrogens with zero attached hydrogens (tertiary/aromatic N) is 2. The Morgan fingerprint density at radius 3 is 2.59 bits per heavy atom. The Labute approximate surface area is 170 Å². The quantitative estimate of drug-likeness (QED) is 0.573. The highest BCUT2D eigenvalue weighted by molar-refractivity contribution is 5.98. The van der Waals surface area contributed by atoms with Crippen LogP contribution in [-0.4, -0.2) is 33.5 Å². The average Bonchev–Trinajstić information content (AvgIpc) is 3.25. The Kier molecular flexibility index (Phi) is 6.15. The molecule has 29 heavy (non-hydrogen) atoms. The van der Waals surface area contributed by atoms with E-state index in [-0.39, 0.29) is 18.6 Å². The van der Waals surface area contributed by atoms with Gasteiger partial charge in [-0.25, -0.2) is 0 Å². The van der Waals surface area contributed by atoms with Crippen LogP contribution in [0.2, 0.25) is 0 Å². The fraction of sp³-hybridized carbons (Fsp3) is 0.455. The van der Waals surface area contributed by atoms with Crippen molar-refractivity contribution < 1.29 is 19.1 Å². The van der Waals surface area contributed by atoms with Crippen molar-refractivity contribution in [1.82, 2.24) is 9.78 Å². The highest BCUT2D eigenvalue weighted by Gasteiger charge is 2.22. The van der Waals surface area contributed by atoms with Crippen LogP contribution in [0.1, 0.15) is 59.1 Å². The van der Waals surface area contributed by atoms with Crippen LogP contribution in [0.3, 0.4) is 0 Å². The van der Waals surface area contributed by atoms with Gasteiger partial charge in [-0.2, -0.15) is 5.10 Å². The molecule has 0 saturated carbocycles. The number of nitrogens with one attached hydrogen (secondary N) is 1. The van der Waals surface area contributed by atoms with Gasteiger partial charge in [0.25, 0.3) is 5.91 Å². The maximum absolute atomic E-state index is 12.4. The first-order valence-corrected chi connectivity index (χ1v) is 9.91. The highest BCUT2D eigenvalue weighted by atomic mass is 16.5. The van der Waals surface area contributed by atoms with Crippen LogP contribution < -0.4 is 5.32 Å². The first-order valence-electron chi connectivity index (χ1n) is 9.91. The third-order valence-electron chi connectivity index (χ3n) is 5.41. The number of rotatable bonds is 7. The van der Waals surface area contributed by atoms with Gasteiger partial charge in [0.05, 0.1) is 23.5 Å². The summed E-state index contributed by atoms with van der Waals surface area (Å²) in [5, 5.41) is 6.99. The zero-order chi connectivity index (χ0) is 21.1. The van der Waals surface area contributed by atoms with E-state index in [9.17, 15) is 14.4 Å². The van der Waals surface area contributed by atoms with Crippen molar-refractivity contribution in [2.75, 3.05) is 5.32 Å². The molecule has 1 atom stereocenters. The van der Waals surface area contributed by atoms with E-state index in [2.05, 4.69) is 10.4 Å². The number of carbonyl (C=O) groups excluding carboxylic acids is 3. The number of Topliss-reactive ketones (excluding diaryl/α,β-unsaturated/α-hetero) is 1. The predicted molar refractivity (Wildman–Crippen MR) is 109 cm³/mol. The van der Waals surface area contributed by atoms with E-state index in [1.807, 2.05) is 25.1 Å². The fourth-order valence-corrected chi connectivity index (χ4v) is 3.59. The van der Waals surface area contributed by atoms with Gasteiger partial charge in [0, 0.05) is 19.0 Å². The summed E-state index contributed by atoms with van der Waals surface area (Å²) in [6.07, 6.45) is 2.23. The molecule has 3 rings (SSSR count). The molecule has 7 nitrogen and oxygen atoms in total. The van der Waals surface area contributed by atoms with E-state index >= 15 is 0 Å². The summed E-state index contributed by atoms with van der Waals surface area (Å²) in [5.74, 6) is -1.08. The molecule has 1 aliphatic carbocycles. The van der Waals surface area contributed by atoms with Gasteiger partial charge in [-0.3, -0.25) is 19.1 Å². The number of hydrogen-bond donors (Lipinski definition) is 1. The van der Waals surface area contributed by atoms with Gasteiger partial charge < -0.3 is 10.1 Å². The van der Waals surface area contributed by atoms with E-state index in [0.29, 0.717) is 16.9 Å². The molecule has 7 heteroatoms. The van der Waals surface area contributed by atoms with Gasteiger partial charge in [0.2, 0.25) is 0 Å². The zero-order valence-electron chi connectivity index (χ0n) is 17.4. The van der Waals surface area contributed by atoms with Crippen LogP contribution in [0.5, 0.6) is 0 Å². The van der Waals surface area contributed by atoms with E-state index < -0.39 is 18.0 Å². The molecule has 1 heterocycles. The summed E-state index contributed by atoms with van der Waals surface area (Å²) < 4.78 is 6.87. The fourth-order valence-electron chi connectivity index (χ4n) is 3.59.